The van der Waals surface area contributed by atoms with Gasteiger partial charge in [0.25, 0.3) is 6.29 Å². The maximum atomic E-state index is 12.9. The summed E-state index contributed by atoms with van der Waals surface area (Å²) in [7, 11) is 5.92. The number of carbonyl (C=O) groups excluding carboxylic acids is 2. The second-order valence-electron chi connectivity index (χ2n) is 19.1. The summed E-state index contributed by atoms with van der Waals surface area (Å²) in [5.41, 5.74) is 0. The minimum absolute atomic E-state index is 0.163. The first-order valence-corrected chi connectivity index (χ1v) is 28.3. The third-order valence-electron chi connectivity index (χ3n) is 11.0. The molecule has 0 saturated carbocycles. The van der Waals surface area contributed by atoms with Crippen LogP contribution in [0.5, 0.6) is 0 Å². The molecule has 75 heavy (non-hydrogen) atoms. The van der Waals surface area contributed by atoms with E-state index in [1.807, 2.05) is 21.1 Å². The summed E-state index contributed by atoms with van der Waals surface area (Å²) in [6, 6.07) is 0. The summed E-state index contributed by atoms with van der Waals surface area (Å²) in [6.45, 7) is 4.52. The Kier molecular flexibility index (Phi) is 51.0. The Balaban J connectivity index is 4.48. The number of unbranched alkanes of at least 4 members (excludes halogenated alkanes) is 6. The van der Waals surface area contributed by atoms with Gasteiger partial charge in [0.15, 0.2) is 6.10 Å². The first-order valence-electron chi connectivity index (χ1n) is 28.3. The van der Waals surface area contributed by atoms with E-state index in [0.717, 1.165) is 128 Å². The van der Waals surface area contributed by atoms with E-state index in [1.165, 1.54) is 0 Å². The standard InChI is InChI=1S/C66H101NO8/c1-6-8-10-12-14-16-18-20-22-24-26-28-30-31-32-33-35-37-39-41-43-45-47-49-51-53-55-57-64(69)75-62(61-74-66(65(70)71)72-59-58-67(3,4)5)60-73-63(68)56-54-52-50-48-46-44-42-40-38-36-34-29-27-25-23-21-19-17-15-13-11-9-7-2/h8-11,14-17,20-23,26-29,31-32,35-38,41-44,47,49,62,66H,6-7,12-13,18-19,24-25,30,33-34,39-40,45-46,48,50-61H2,1-5H3/p+1/b10-8-,11-9-,16-14-,17-15-,22-20-,23-21-,28-26-,29-27-,32-31-,37-35-,38-36-,43-41-,44-42-,49-47-. The molecule has 0 spiro atoms. The highest BCUT2D eigenvalue weighted by Crippen LogP contribution is 2.11. The summed E-state index contributed by atoms with van der Waals surface area (Å²) < 4.78 is 22.8. The summed E-state index contributed by atoms with van der Waals surface area (Å²) in [6.07, 6.45) is 80.0. The number of allylic oxidation sites excluding steroid dienone is 28. The number of carboxylic acid groups (broad SMARTS) is 1. The SMILES string of the molecule is CC/C=C\C/C=C\C/C=C\C/C=C\C/C=C\C/C=C\C/C=C\C/C=C\CCCCC(=O)OC(COC(=O)CCCCCC/C=C\C/C=C\C/C=C\C/C=C\C/C=C\C/C=C\CC)COC(OCC[N+](C)(C)C)C(=O)O. The lowest BCUT2D eigenvalue weighted by molar-refractivity contribution is -0.870. The highest BCUT2D eigenvalue weighted by Gasteiger charge is 2.25. The van der Waals surface area contributed by atoms with Crippen molar-refractivity contribution in [2.24, 2.45) is 0 Å². The number of hydrogen-bond acceptors (Lipinski definition) is 7. The van der Waals surface area contributed by atoms with E-state index in [0.29, 0.717) is 23.9 Å². The van der Waals surface area contributed by atoms with Crippen LogP contribution in [0.2, 0.25) is 0 Å². The zero-order chi connectivity index (χ0) is 54.8. The van der Waals surface area contributed by atoms with E-state index in [-0.39, 0.29) is 32.7 Å². The largest absolute Gasteiger partial charge is 0.477 e. The molecule has 0 amide bonds. The molecule has 2 unspecified atom stereocenters. The number of likely N-dealkylation sites (N-methyl/N-ethyl adjacent to an activating group) is 1. The first-order chi connectivity index (χ1) is 36.6. The van der Waals surface area contributed by atoms with Crippen LogP contribution in [0.1, 0.15) is 168 Å². The predicted molar refractivity (Wildman–Crippen MR) is 317 cm³/mol. The average molecular weight is 1040 g/mol. The molecule has 0 aromatic rings. The second kappa shape index (κ2) is 54.9. The van der Waals surface area contributed by atoms with Crippen LogP contribution in [0.4, 0.5) is 0 Å². The van der Waals surface area contributed by atoms with Crippen LogP contribution >= 0.6 is 0 Å². The van der Waals surface area contributed by atoms with Crippen LogP contribution in [0.15, 0.2) is 170 Å². The lowest BCUT2D eigenvalue weighted by atomic mass is 10.1. The van der Waals surface area contributed by atoms with Gasteiger partial charge in [0.2, 0.25) is 0 Å². The van der Waals surface area contributed by atoms with Crippen molar-refractivity contribution in [1.82, 2.24) is 0 Å². The molecule has 0 aliphatic rings. The molecule has 0 heterocycles. The van der Waals surface area contributed by atoms with E-state index in [1.54, 1.807) is 0 Å². The molecule has 1 N–H and O–H groups in total. The normalized spacial score (nSPS) is 14.1. The van der Waals surface area contributed by atoms with Gasteiger partial charge in [-0.25, -0.2) is 4.79 Å². The number of ether oxygens (including phenoxy) is 4. The van der Waals surface area contributed by atoms with E-state index >= 15 is 0 Å². The highest BCUT2D eigenvalue weighted by atomic mass is 16.7. The molecule has 9 nitrogen and oxygen atoms in total. The quantitative estimate of drug-likeness (QED) is 0.0211. The molecule has 2 atom stereocenters. The van der Waals surface area contributed by atoms with Crippen molar-refractivity contribution in [2.45, 2.75) is 180 Å². The number of hydrogen-bond donors (Lipinski definition) is 1. The van der Waals surface area contributed by atoms with Crippen LogP contribution < -0.4 is 0 Å². The Morgan fingerprint density at radius 1 is 0.400 bits per heavy atom. The predicted octanol–water partition coefficient (Wildman–Crippen LogP) is 16.8. The monoisotopic (exact) mass is 1040 g/mol. The highest BCUT2D eigenvalue weighted by molar-refractivity contribution is 5.71. The van der Waals surface area contributed by atoms with Crippen LogP contribution in [-0.4, -0.2) is 87.4 Å². The van der Waals surface area contributed by atoms with Gasteiger partial charge in [-0.1, -0.05) is 197 Å². The first kappa shape index (κ1) is 69.7. The average Bonchev–Trinajstić information content (AvgIpc) is 3.38. The van der Waals surface area contributed by atoms with Crippen molar-refractivity contribution in [1.29, 1.82) is 0 Å². The molecule has 0 aromatic heterocycles. The van der Waals surface area contributed by atoms with Crippen LogP contribution in [0, 0.1) is 0 Å². The van der Waals surface area contributed by atoms with Gasteiger partial charge in [-0.15, -0.1) is 0 Å². The zero-order valence-electron chi connectivity index (χ0n) is 47.4. The number of carbonyl (C=O) groups is 3. The van der Waals surface area contributed by atoms with Crippen LogP contribution in [0.3, 0.4) is 0 Å². The number of quaternary nitrogens is 1. The van der Waals surface area contributed by atoms with Crippen molar-refractivity contribution in [3.63, 3.8) is 0 Å². The van der Waals surface area contributed by atoms with Gasteiger partial charge >= 0.3 is 17.9 Å². The molecular formula is C66H102NO8+. The topological polar surface area (TPSA) is 108 Å². The second-order valence-corrected chi connectivity index (χ2v) is 19.1. The fraction of sp³-hybridized carbons (Fsp3) is 0.530. The van der Waals surface area contributed by atoms with Gasteiger partial charge in [-0.2, -0.15) is 0 Å². The fourth-order valence-corrected chi connectivity index (χ4v) is 6.68. The fourth-order valence-electron chi connectivity index (χ4n) is 6.68. The number of carboxylic acids is 1. The Hall–Kier alpha value is -5.35. The van der Waals surface area contributed by atoms with E-state index < -0.39 is 30.3 Å². The summed E-state index contributed by atoms with van der Waals surface area (Å²) in [4.78, 5) is 37.4. The Bertz CT molecular complexity index is 1830. The molecule has 0 aliphatic carbocycles. The van der Waals surface area contributed by atoms with Gasteiger partial charge in [0.1, 0.15) is 13.2 Å². The minimum Gasteiger partial charge on any atom is -0.477 e. The molecule has 0 rings (SSSR count). The van der Waals surface area contributed by atoms with Crippen molar-refractivity contribution in [3.8, 4) is 0 Å². The van der Waals surface area contributed by atoms with Gasteiger partial charge in [0, 0.05) is 12.8 Å². The van der Waals surface area contributed by atoms with Gasteiger partial charge in [-0.05, 0) is 128 Å². The molecule has 418 valence electrons. The maximum absolute atomic E-state index is 12.9. The summed E-state index contributed by atoms with van der Waals surface area (Å²) in [5.74, 6) is -2.13. The maximum Gasteiger partial charge on any atom is 0.361 e. The molecule has 0 aromatic carbocycles. The molecule has 0 saturated heterocycles. The van der Waals surface area contributed by atoms with Crippen molar-refractivity contribution < 1.29 is 42.9 Å². The van der Waals surface area contributed by atoms with E-state index in [4.69, 9.17) is 18.9 Å². The Morgan fingerprint density at radius 2 is 0.720 bits per heavy atom. The summed E-state index contributed by atoms with van der Waals surface area (Å²) in [5, 5.41) is 9.70. The smallest absolute Gasteiger partial charge is 0.361 e. The lowest BCUT2D eigenvalue weighted by Gasteiger charge is -2.25. The van der Waals surface area contributed by atoms with E-state index in [9.17, 15) is 19.5 Å². The number of esters is 2. The zero-order valence-corrected chi connectivity index (χ0v) is 47.4. The molecule has 0 fully saturated rings. The van der Waals surface area contributed by atoms with Crippen molar-refractivity contribution in [2.75, 3.05) is 47.5 Å². The molecular weight excluding hydrogens is 935 g/mol. The third-order valence-corrected chi connectivity index (χ3v) is 11.0. The molecule has 0 bridgehead atoms. The third kappa shape index (κ3) is 56.2. The van der Waals surface area contributed by atoms with Crippen molar-refractivity contribution in [3.05, 3.63) is 170 Å². The Morgan fingerprint density at radius 3 is 1.08 bits per heavy atom. The number of aliphatic carboxylic acids is 1. The lowest BCUT2D eigenvalue weighted by Crippen LogP contribution is -2.40. The number of rotatable bonds is 49. The van der Waals surface area contributed by atoms with Crippen LogP contribution in [0.25, 0.3) is 0 Å². The summed E-state index contributed by atoms with van der Waals surface area (Å²) >= 11 is 0. The van der Waals surface area contributed by atoms with E-state index in [2.05, 4.69) is 184 Å². The number of nitrogens with zero attached hydrogens (tertiary/aromatic N) is 1. The molecule has 9 heteroatoms. The van der Waals surface area contributed by atoms with Gasteiger partial charge in [0.05, 0.1) is 34.4 Å². The molecule has 0 aliphatic heterocycles. The van der Waals surface area contributed by atoms with Gasteiger partial charge in [-0.3, -0.25) is 9.59 Å². The Labute approximate surface area is 457 Å². The molecule has 0 radical (unpaired) electrons. The van der Waals surface area contributed by atoms with Crippen LogP contribution in [-0.2, 0) is 33.3 Å². The minimum atomic E-state index is -1.54. The van der Waals surface area contributed by atoms with Crippen molar-refractivity contribution >= 4 is 17.9 Å². The van der Waals surface area contributed by atoms with Gasteiger partial charge < -0.3 is 28.5 Å².